The van der Waals surface area contributed by atoms with Crippen molar-refractivity contribution >= 4 is 11.7 Å². The first kappa shape index (κ1) is 12.9. The fourth-order valence-corrected chi connectivity index (χ4v) is 1.24. The van der Waals surface area contributed by atoms with E-state index in [2.05, 4.69) is 25.8 Å². The van der Waals surface area contributed by atoms with Crippen molar-refractivity contribution in [3.63, 3.8) is 0 Å². The van der Waals surface area contributed by atoms with Crippen LogP contribution < -0.4 is 5.32 Å². The normalized spacial score (nSPS) is 11.3. The fraction of sp³-hybridized carbons (Fsp3) is 0.222. The molecule has 0 spiro atoms. The van der Waals surface area contributed by atoms with E-state index in [4.69, 9.17) is 0 Å². The monoisotopic (exact) mass is 272 g/mol. The minimum atomic E-state index is -4.56. The molecule has 0 fully saturated rings. The molecule has 0 aliphatic heterocycles. The topological polar surface area (TPSA) is 85.6 Å². The highest BCUT2D eigenvalue weighted by Gasteiger charge is 2.32. The number of hydrogen-bond acceptors (Lipinski definition) is 5. The molecule has 0 unspecified atom stereocenters. The van der Waals surface area contributed by atoms with Crippen molar-refractivity contribution in [3.05, 3.63) is 30.2 Å². The van der Waals surface area contributed by atoms with E-state index in [0.717, 1.165) is 16.8 Å². The number of alkyl halides is 3. The summed E-state index contributed by atoms with van der Waals surface area (Å²) in [6.45, 7) is -0.217. The van der Waals surface area contributed by atoms with Gasteiger partial charge < -0.3 is 5.32 Å². The smallest absolute Gasteiger partial charge is 0.309 e. The van der Waals surface area contributed by atoms with Gasteiger partial charge in [0.25, 0.3) is 0 Å². The first-order chi connectivity index (χ1) is 8.95. The Morgan fingerprint density at radius 3 is 2.79 bits per heavy atom. The second-order valence-corrected chi connectivity index (χ2v) is 3.46. The summed E-state index contributed by atoms with van der Waals surface area (Å²) in [6.07, 6.45) is -3.35. The number of halogens is 3. The van der Waals surface area contributed by atoms with Gasteiger partial charge in [0.1, 0.15) is 24.4 Å². The van der Waals surface area contributed by atoms with Crippen molar-refractivity contribution in [2.75, 3.05) is 5.32 Å². The molecule has 2 heterocycles. The van der Waals surface area contributed by atoms with Crippen molar-refractivity contribution in [2.24, 2.45) is 0 Å². The molecule has 0 aliphatic carbocycles. The maximum Gasteiger partial charge on any atom is 0.433 e. The minimum absolute atomic E-state index is 0.187. The highest BCUT2D eigenvalue weighted by molar-refractivity contribution is 5.89. The van der Waals surface area contributed by atoms with E-state index >= 15 is 0 Å². The van der Waals surface area contributed by atoms with E-state index in [1.165, 1.54) is 12.4 Å². The molecule has 100 valence electrons. The third-order valence-electron chi connectivity index (χ3n) is 2.00. The van der Waals surface area contributed by atoms with Crippen LogP contribution in [-0.2, 0) is 17.5 Å². The van der Waals surface area contributed by atoms with Crippen molar-refractivity contribution in [1.82, 2.24) is 25.2 Å². The van der Waals surface area contributed by atoms with Crippen LogP contribution >= 0.6 is 0 Å². The van der Waals surface area contributed by atoms with Crippen LogP contribution in [0.4, 0.5) is 19.0 Å². The second-order valence-electron chi connectivity index (χ2n) is 3.46. The van der Waals surface area contributed by atoms with Crippen molar-refractivity contribution in [1.29, 1.82) is 0 Å². The van der Waals surface area contributed by atoms with Crippen LogP contribution in [0.3, 0.4) is 0 Å². The molecule has 2 rings (SSSR count). The summed E-state index contributed by atoms with van der Waals surface area (Å²) in [6, 6.07) is 3.23. The lowest BCUT2D eigenvalue weighted by Crippen LogP contribution is -2.20. The quantitative estimate of drug-likeness (QED) is 0.890. The van der Waals surface area contributed by atoms with Crippen molar-refractivity contribution in [2.45, 2.75) is 12.7 Å². The number of carbonyl (C=O) groups excluding carboxylic acids is 1. The van der Waals surface area contributed by atoms with Crippen LogP contribution in [0.5, 0.6) is 0 Å². The van der Waals surface area contributed by atoms with Gasteiger partial charge >= 0.3 is 6.18 Å². The molecule has 19 heavy (non-hydrogen) atoms. The number of pyridine rings is 1. The van der Waals surface area contributed by atoms with Crippen LogP contribution in [0.2, 0.25) is 0 Å². The molecule has 2 aromatic heterocycles. The lowest BCUT2D eigenvalue weighted by Gasteiger charge is -2.08. The van der Waals surface area contributed by atoms with Gasteiger partial charge in [0.2, 0.25) is 5.91 Å². The number of amides is 1. The van der Waals surface area contributed by atoms with E-state index in [9.17, 15) is 18.0 Å². The lowest BCUT2D eigenvalue weighted by molar-refractivity contribution is -0.141. The zero-order valence-electron chi connectivity index (χ0n) is 9.29. The molecule has 7 nitrogen and oxygen atoms in total. The van der Waals surface area contributed by atoms with Gasteiger partial charge in [-0.05, 0) is 22.6 Å². The summed E-state index contributed by atoms with van der Waals surface area (Å²) in [7, 11) is 0. The maximum atomic E-state index is 12.4. The fourth-order valence-electron chi connectivity index (χ4n) is 1.24. The van der Waals surface area contributed by atoms with E-state index in [1.54, 1.807) is 0 Å². The van der Waals surface area contributed by atoms with Crippen LogP contribution in [0.15, 0.2) is 24.5 Å². The summed E-state index contributed by atoms with van der Waals surface area (Å²) in [5.74, 6) is -0.771. The average molecular weight is 272 g/mol. The Morgan fingerprint density at radius 1 is 1.37 bits per heavy atom. The Balaban J connectivity index is 2.05. The maximum absolute atomic E-state index is 12.4. The number of aromatic nitrogens is 5. The average Bonchev–Trinajstić information content (AvgIpc) is 2.80. The first-order valence-electron chi connectivity index (χ1n) is 5.00. The molecule has 0 aromatic carbocycles. The molecule has 1 amide bonds. The molecule has 1 N–H and O–H groups in total. The summed E-state index contributed by atoms with van der Waals surface area (Å²) >= 11 is 0. The van der Waals surface area contributed by atoms with E-state index in [1.807, 2.05) is 0 Å². The van der Waals surface area contributed by atoms with Crippen molar-refractivity contribution < 1.29 is 18.0 Å². The van der Waals surface area contributed by atoms with Crippen LogP contribution in [-0.4, -0.2) is 31.1 Å². The molecule has 0 saturated heterocycles. The van der Waals surface area contributed by atoms with Gasteiger partial charge in [0.05, 0.1) is 0 Å². The number of hydrogen-bond donors (Lipinski definition) is 1. The third kappa shape index (κ3) is 3.47. The molecule has 0 atom stereocenters. The Kier molecular flexibility index (Phi) is 3.40. The molecular weight excluding hydrogens is 265 g/mol. The Morgan fingerprint density at radius 2 is 2.16 bits per heavy atom. The number of nitrogens with one attached hydrogen (secondary N) is 1. The summed E-state index contributed by atoms with van der Waals surface area (Å²) in [5.41, 5.74) is -1.08. The molecule has 0 saturated carbocycles. The lowest BCUT2D eigenvalue weighted by atomic mass is 10.3. The number of rotatable bonds is 3. The standard InChI is InChI=1S/C9H7F3N6O/c10-9(11,12)6-2-1-3-7(14-6)15-8(19)4-18-5-13-16-17-18/h1-3,5H,4H2,(H,14,15,19). The zero-order valence-corrected chi connectivity index (χ0v) is 9.29. The number of anilines is 1. The predicted molar refractivity (Wildman–Crippen MR) is 55.7 cm³/mol. The highest BCUT2D eigenvalue weighted by Crippen LogP contribution is 2.28. The number of tetrazole rings is 1. The summed E-state index contributed by atoms with van der Waals surface area (Å²) in [5, 5.41) is 12.3. The molecular formula is C9H7F3N6O. The second kappa shape index (κ2) is 5.00. The van der Waals surface area contributed by atoms with E-state index < -0.39 is 17.8 Å². The molecule has 10 heteroatoms. The van der Waals surface area contributed by atoms with Gasteiger partial charge in [-0.25, -0.2) is 9.67 Å². The van der Waals surface area contributed by atoms with Crippen molar-refractivity contribution in [3.8, 4) is 0 Å². The zero-order chi connectivity index (χ0) is 13.9. The SMILES string of the molecule is O=C(Cn1cnnn1)Nc1cccc(C(F)(F)F)n1. The molecule has 0 bridgehead atoms. The van der Waals surface area contributed by atoms with Gasteiger partial charge in [0, 0.05) is 0 Å². The Labute approximate surface area is 104 Å². The van der Waals surface area contributed by atoms with Crippen LogP contribution in [0, 0.1) is 0 Å². The predicted octanol–water partition coefficient (Wildman–Crippen LogP) is 0.726. The third-order valence-corrected chi connectivity index (χ3v) is 2.00. The van der Waals surface area contributed by atoms with E-state index in [-0.39, 0.29) is 12.4 Å². The van der Waals surface area contributed by atoms with Gasteiger partial charge in [-0.2, -0.15) is 13.2 Å². The van der Waals surface area contributed by atoms with Gasteiger partial charge in [0.15, 0.2) is 0 Å². The Bertz CT molecular complexity index is 568. The van der Waals surface area contributed by atoms with Crippen LogP contribution in [0.25, 0.3) is 0 Å². The van der Waals surface area contributed by atoms with Crippen LogP contribution in [0.1, 0.15) is 5.69 Å². The van der Waals surface area contributed by atoms with Gasteiger partial charge in [-0.3, -0.25) is 4.79 Å². The Hall–Kier alpha value is -2.52. The summed E-state index contributed by atoms with van der Waals surface area (Å²) < 4.78 is 38.3. The first-order valence-corrected chi connectivity index (χ1v) is 5.00. The molecule has 2 aromatic rings. The highest BCUT2D eigenvalue weighted by atomic mass is 19.4. The summed E-state index contributed by atoms with van der Waals surface area (Å²) in [4.78, 5) is 14.8. The van der Waals surface area contributed by atoms with Gasteiger partial charge in [-0.15, -0.1) is 5.10 Å². The minimum Gasteiger partial charge on any atom is -0.309 e. The van der Waals surface area contributed by atoms with Gasteiger partial charge in [-0.1, -0.05) is 6.07 Å². The number of carbonyl (C=O) groups is 1. The molecule has 0 radical (unpaired) electrons. The number of nitrogens with zero attached hydrogens (tertiary/aromatic N) is 5. The molecule has 0 aliphatic rings. The van der Waals surface area contributed by atoms with E-state index in [0.29, 0.717) is 0 Å². The largest absolute Gasteiger partial charge is 0.433 e.